The molecule has 1 N–H and O–H groups in total. The lowest BCUT2D eigenvalue weighted by Crippen LogP contribution is -2.14. The van der Waals surface area contributed by atoms with E-state index >= 15 is 0 Å². The van der Waals surface area contributed by atoms with Crippen LogP contribution in [-0.4, -0.2) is 33.0 Å². The molecule has 0 bridgehead atoms. The van der Waals surface area contributed by atoms with E-state index in [9.17, 15) is 4.79 Å². The zero-order valence-corrected chi connectivity index (χ0v) is 18.1. The number of carbonyl (C=O) groups is 1. The quantitative estimate of drug-likeness (QED) is 0.509. The lowest BCUT2D eigenvalue weighted by Gasteiger charge is -2.12. The fourth-order valence-electron chi connectivity index (χ4n) is 2.48. The van der Waals surface area contributed by atoms with Crippen LogP contribution in [0.25, 0.3) is 5.69 Å². The first-order valence-electron chi connectivity index (χ1n) is 9.24. The molecule has 0 saturated heterocycles. The van der Waals surface area contributed by atoms with E-state index in [1.807, 2.05) is 35.8 Å². The van der Waals surface area contributed by atoms with E-state index in [1.54, 1.807) is 24.5 Å². The summed E-state index contributed by atoms with van der Waals surface area (Å²) in [6.45, 7) is 6.76. The van der Waals surface area contributed by atoms with Gasteiger partial charge in [-0.2, -0.15) is 0 Å². The Morgan fingerprint density at radius 1 is 1.24 bits per heavy atom. The molecule has 0 fully saturated rings. The largest absolute Gasteiger partial charge is 0.492 e. The van der Waals surface area contributed by atoms with Gasteiger partial charge < -0.3 is 10.1 Å². The van der Waals surface area contributed by atoms with Gasteiger partial charge in [-0.05, 0) is 43.2 Å². The highest BCUT2D eigenvalue weighted by Gasteiger charge is 2.11. The van der Waals surface area contributed by atoms with Crippen molar-refractivity contribution >= 4 is 35.0 Å². The van der Waals surface area contributed by atoms with Gasteiger partial charge in [0.2, 0.25) is 5.91 Å². The molecule has 1 amide bonds. The van der Waals surface area contributed by atoms with Crippen molar-refractivity contribution in [2.75, 3.05) is 17.7 Å². The number of rotatable bonds is 8. The number of hydrogen-bond donors (Lipinski definition) is 1. The van der Waals surface area contributed by atoms with Gasteiger partial charge in [-0.25, -0.2) is 0 Å². The number of anilines is 1. The molecule has 0 aliphatic carbocycles. The highest BCUT2D eigenvalue weighted by atomic mass is 35.5. The molecule has 0 saturated carbocycles. The molecule has 1 aromatic heterocycles. The molecule has 1 heterocycles. The average Bonchev–Trinajstić information content (AvgIpc) is 3.15. The predicted molar refractivity (Wildman–Crippen MR) is 117 cm³/mol. The number of benzene rings is 2. The summed E-state index contributed by atoms with van der Waals surface area (Å²) in [5, 5.41) is 12.0. The monoisotopic (exact) mass is 430 g/mol. The number of aryl methyl sites for hydroxylation is 1. The van der Waals surface area contributed by atoms with Crippen molar-refractivity contribution in [2.24, 2.45) is 5.92 Å². The van der Waals surface area contributed by atoms with Gasteiger partial charge in [0.1, 0.15) is 12.1 Å². The molecule has 0 unspecified atom stereocenters. The maximum absolute atomic E-state index is 12.3. The second kappa shape index (κ2) is 9.80. The summed E-state index contributed by atoms with van der Waals surface area (Å²) in [5.41, 5.74) is 2.75. The SMILES string of the molecule is Cc1ccc(-n2cnnc2SCC(=O)Nc2ccc(OCC(C)C)c(Cl)c2)cc1. The van der Waals surface area contributed by atoms with Crippen molar-refractivity contribution in [3.63, 3.8) is 0 Å². The molecular formula is C21H23ClN4O2S. The van der Waals surface area contributed by atoms with Crippen molar-refractivity contribution in [2.45, 2.75) is 25.9 Å². The Balaban J connectivity index is 1.58. The zero-order chi connectivity index (χ0) is 20.8. The van der Waals surface area contributed by atoms with Crippen molar-refractivity contribution in [1.29, 1.82) is 0 Å². The van der Waals surface area contributed by atoms with Gasteiger partial charge in [0.25, 0.3) is 0 Å². The van der Waals surface area contributed by atoms with Crippen LogP contribution in [0.2, 0.25) is 5.02 Å². The Morgan fingerprint density at radius 2 is 2.00 bits per heavy atom. The minimum atomic E-state index is -0.152. The van der Waals surface area contributed by atoms with Crippen LogP contribution in [0.4, 0.5) is 5.69 Å². The van der Waals surface area contributed by atoms with Crippen LogP contribution in [0.15, 0.2) is 53.9 Å². The Hall–Kier alpha value is -2.51. The Bertz CT molecular complexity index is 973. The van der Waals surface area contributed by atoms with Gasteiger partial charge in [0.15, 0.2) is 5.16 Å². The molecular weight excluding hydrogens is 408 g/mol. The number of aromatic nitrogens is 3. The third-order valence-corrected chi connectivity index (χ3v) is 5.19. The maximum Gasteiger partial charge on any atom is 0.234 e. The maximum atomic E-state index is 12.3. The first kappa shape index (κ1) is 21.2. The summed E-state index contributed by atoms with van der Waals surface area (Å²) < 4.78 is 7.51. The van der Waals surface area contributed by atoms with Gasteiger partial charge in [0.05, 0.1) is 17.4 Å². The normalized spacial score (nSPS) is 10.9. The average molecular weight is 431 g/mol. The standard InChI is InChI=1S/C21H23ClN4O2S/c1-14(2)11-28-19-9-6-16(10-18(19)22)24-20(27)12-29-21-25-23-13-26(21)17-7-4-15(3)5-8-17/h4-10,13-14H,11-12H2,1-3H3,(H,24,27). The number of halogens is 1. The van der Waals surface area contributed by atoms with Crippen molar-refractivity contribution in [1.82, 2.24) is 14.8 Å². The smallest absolute Gasteiger partial charge is 0.234 e. The number of nitrogens with one attached hydrogen (secondary N) is 1. The van der Waals surface area contributed by atoms with Gasteiger partial charge in [0, 0.05) is 11.4 Å². The van der Waals surface area contributed by atoms with Gasteiger partial charge in [-0.15, -0.1) is 10.2 Å². The Kier molecular flexibility index (Phi) is 7.17. The molecule has 0 radical (unpaired) electrons. The number of hydrogen-bond acceptors (Lipinski definition) is 5. The second-order valence-corrected chi connectivity index (χ2v) is 8.36. The van der Waals surface area contributed by atoms with Crippen LogP contribution in [0.1, 0.15) is 19.4 Å². The predicted octanol–water partition coefficient (Wildman–Crippen LogP) is 4.99. The second-order valence-electron chi connectivity index (χ2n) is 7.01. The fourth-order valence-corrected chi connectivity index (χ4v) is 3.45. The molecule has 0 atom stereocenters. The van der Waals surface area contributed by atoms with E-state index in [0.717, 1.165) is 5.69 Å². The summed E-state index contributed by atoms with van der Waals surface area (Å²) in [7, 11) is 0. The van der Waals surface area contributed by atoms with Crippen LogP contribution < -0.4 is 10.1 Å². The molecule has 29 heavy (non-hydrogen) atoms. The summed E-state index contributed by atoms with van der Waals surface area (Å²) in [6, 6.07) is 13.3. The Morgan fingerprint density at radius 3 is 2.69 bits per heavy atom. The fraction of sp³-hybridized carbons (Fsp3) is 0.286. The van der Waals surface area contributed by atoms with Crippen LogP contribution in [0.3, 0.4) is 0 Å². The molecule has 6 nitrogen and oxygen atoms in total. The van der Waals surface area contributed by atoms with Crippen molar-refractivity contribution in [3.05, 3.63) is 59.4 Å². The highest BCUT2D eigenvalue weighted by molar-refractivity contribution is 7.99. The summed E-state index contributed by atoms with van der Waals surface area (Å²) >= 11 is 7.57. The lowest BCUT2D eigenvalue weighted by atomic mass is 10.2. The van der Waals surface area contributed by atoms with Gasteiger partial charge in [-0.3, -0.25) is 9.36 Å². The van der Waals surface area contributed by atoms with E-state index in [0.29, 0.717) is 34.1 Å². The molecule has 0 spiro atoms. The van der Waals surface area contributed by atoms with Crippen molar-refractivity contribution < 1.29 is 9.53 Å². The topological polar surface area (TPSA) is 69.0 Å². The van der Waals surface area contributed by atoms with E-state index in [4.69, 9.17) is 16.3 Å². The third kappa shape index (κ3) is 5.98. The molecule has 0 aliphatic rings. The molecule has 3 aromatic rings. The summed E-state index contributed by atoms with van der Waals surface area (Å²) in [5.74, 6) is 1.07. The zero-order valence-electron chi connectivity index (χ0n) is 16.6. The number of amides is 1. The minimum absolute atomic E-state index is 0.152. The first-order chi connectivity index (χ1) is 13.9. The van der Waals surface area contributed by atoms with E-state index in [2.05, 4.69) is 29.4 Å². The number of carbonyl (C=O) groups excluding carboxylic acids is 1. The summed E-state index contributed by atoms with van der Waals surface area (Å²) in [6.07, 6.45) is 1.64. The van der Waals surface area contributed by atoms with Crippen molar-refractivity contribution in [3.8, 4) is 11.4 Å². The minimum Gasteiger partial charge on any atom is -0.492 e. The van der Waals surface area contributed by atoms with Crippen LogP contribution in [0.5, 0.6) is 5.75 Å². The van der Waals surface area contributed by atoms with Crippen LogP contribution in [0, 0.1) is 12.8 Å². The van der Waals surface area contributed by atoms with E-state index < -0.39 is 0 Å². The highest BCUT2D eigenvalue weighted by Crippen LogP contribution is 2.28. The van der Waals surface area contributed by atoms with Crippen LogP contribution in [-0.2, 0) is 4.79 Å². The summed E-state index contributed by atoms with van der Waals surface area (Å²) in [4.78, 5) is 12.3. The van der Waals surface area contributed by atoms with E-state index in [1.165, 1.54) is 17.3 Å². The molecule has 3 rings (SSSR count). The molecule has 2 aromatic carbocycles. The number of nitrogens with zero attached hydrogens (tertiary/aromatic N) is 3. The lowest BCUT2D eigenvalue weighted by molar-refractivity contribution is -0.113. The number of thioether (sulfide) groups is 1. The Labute approximate surface area is 179 Å². The number of ether oxygens (including phenoxy) is 1. The third-order valence-electron chi connectivity index (χ3n) is 3.95. The van der Waals surface area contributed by atoms with Gasteiger partial charge >= 0.3 is 0 Å². The van der Waals surface area contributed by atoms with Gasteiger partial charge in [-0.1, -0.05) is 54.9 Å². The van der Waals surface area contributed by atoms with Crippen LogP contribution >= 0.6 is 23.4 Å². The molecule has 0 aliphatic heterocycles. The first-order valence-corrected chi connectivity index (χ1v) is 10.6. The molecule has 152 valence electrons. The van der Waals surface area contributed by atoms with E-state index in [-0.39, 0.29) is 11.7 Å². The molecule has 8 heteroatoms.